The summed E-state index contributed by atoms with van der Waals surface area (Å²) in [5, 5.41) is 18.9. The Balaban J connectivity index is 1.34. The second-order valence-corrected chi connectivity index (χ2v) is 13.1. The molecule has 0 radical (unpaired) electrons. The molecule has 0 fully saturated rings. The van der Waals surface area contributed by atoms with Crippen LogP contribution in [0.2, 0.25) is 0 Å². The average molecular weight is 526 g/mol. The molecule has 0 saturated heterocycles. The Morgan fingerprint density at radius 1 is 0.537 bits per heavy atom. The molecule has 0 unspecified atom stereocenters. The second kappa shape index (κ2) is 8.08. The molecule has 0 saturated carbocycles. The SMILES string of the molecule is CC(C)(C#N)[C@H]1c2cccc3cccc(c23)[C@@H]1[C@H]1c2cccc3cccc(c23)[C@@H]1[C@@H]1Cc2cccc3cccc1c23. The summed E-state index contributed by atoms with van der Waals surface area (Å²) >= 11 is 0. The van der Waals surface area contributed by atoms with Crippen molar-refractivity contribution in [3.63, 3.8) is 0 Å². The first-order valence-electron chi connectivity index (χ1n) is 15.0. The maximum Gasteiger partial charge on any atom is 0.0690 e. The molecule has 6 aromatic rings. The molecule has 0 N–H and O–H groups in total. The lowest BCUT2D eigenvalue weighted by molar-refractivity contribution is 0.287. The number of hydrogen-bond donors (Lipinski definition) is 0. The molecule has 0 spiro atoms. The lowest BCUT2D eigenvalue weighted by atomic mass is 9.62. The maximum absolute atomic E-state index is 10.6. The van der Waals surface area contributed by atoms with Gasteiger partial charge in [0.2, 0.25) is 0 Å². The summed E-state index contributed by atoms with van der Waals surface area (Å²) in [5.41, 5.74) is 8.23. The summed E-state index contributed by atoms with van der Waals surface area (Å²) in [4.78, 5) is 0. The van der Waals surface area contributed by atoms with Gasteiger partial charge in [-0.05, 0) is 104 Å². The fraction of sp³-hybridized carbons (Fsp3) is 0.225. The summed E-state index contributed by atoms with van der Waals surface area (Å²) in [6.07, 6.45) is 1.07. The monoisotopic (exact) mass is 525 g/mol. The van der Waals surface area contributed by atoms with Crippen molar-refractivity contribution >= 4 is 32.3 Å². The number of nitrogens with zero attached hydrogens (tertiary/aromatic N) is 1. The minimum atomic E-state index is -0.510. The van der Waals surface area contributed by atoms with Gasteiger partial charge in [-0.2, -0.15) is 5.26 Å². The summed E-state index contributed by atoms with van der Waals surface area (Å²) in [6.45, 7) is 4.33. The van der Waals surface area contributed by atoms with E-state index in [1.807, 2.05) is 0 Å². The van der Waals surface area contributed by atoms with E-state index in [2.05, 4.69) is 129 Å². The number of nitriles is 1. The van der Waals surface area contributed by atoms with Crippen LogP contribution in [0.25, 0.3) is 32.3 Å². The van der Waals surface area contributed by atoms with Crippen LogP contribution in [0.3, 0.4) is 0 Å². The number of benzene rings is 6. The van der Waals surface area contributed by atoms with E-state index in [0.29, 0.717) is 11.8 Å². The highest BCUT2D eigenvalue weighted by atomic mass is 14.6. The molecule has 9 rings (SSSR count). The van der Waals surface area contributed by atoms with Gasteiger partial charge in [0, 0.05) is 11.8 Å². The topological polar surface area (TPSA) is 23.8 Å². The summed E-state index contributed by atoms with van der Waals surface area (Å²) < 4.78 is 0. The molecule has 0 aliphatic heterocycles. The van der Waals surface area contributed by atoms with Crippen LogP contribution in [0, 0.1) is 16.7 Å². The third-order valence-electron chi connectivity index (χ3n) is 10.8. The molecule has 5 atom stereocenters. The quantitative estimate of drug-likeness (QED) is 0.225. The summed E-state index contributed by atoms with van der Waals surface area (Å²) in [5.74, 6) is 1.34. The first-order valence-corrected chi connectivity index (χ1v) is 15.0. The van der Waals surface area contributed by atoms with Crippen molar-refractivity contribution in [1.29, 1.82) is 5.26 Å². The van der Waals surface area contributed by atoms with Crippen molar-refractivity contribution in [3.05, 3.63) is 143 Å². The number of hydrogen-bond acceptors (Lipinski definition) is 1. The standard InChI is InChI=1S/C40H31N/c1-40(2,22-41)39-31-20-8-14-25-13-7-19-30(35(25)31)38(39)37-29-18-6-12-24-11-5-17-28(34(24)29)36(37)32-21-26-15-3-9-23-10-4-16-27(32)33(23)26/h3-20,32,36-39H,21H2,1-2H3/t32-,36-,37+,38-,39+/m1/s1. The first kappa shape index (κ1) is 23.3. The molecule has 0 aromatic heterocycles. The van der Waals surface area contributed by atoms with Crippen LogP contribution >= 0.6 is 0 Å². The van der Waals surface area contributed by atoms with Gasteiger partial charge in [0.05, 0.1) is 11.5 Å². The first-order chi connectivity index (χ1) is 20.1. The fourth-order valence-corrected chi connectivity index (χ4v) is 9.44. The van der Waals surface area contributed by atoms with Crippen molar-refractivity contribution in [2.24, 2.45) is 5.41 Å². The molecular formula is C40H31N. The van der Waals surface area contributed by atoms with Crippen LogP contribution in [0.1, 0.15) is 76.8 Å². The van der Waals surface area contributed by atoms with Gasteiger partial charge >= 0.3 is 0 Å². The van der Waals surface area contributed by atoms with Gasteiger partial charge in [0.15, 0.2) is 0 Å². The lowest BCUT2D eigenvalue weighted by Gasteiger charge is -2.40. The second-order valence-electron chi connectivity index (χ2n) is 13.1. The van der Waals surface area contributed by atoms with E-state index in [9.17, 15) is 5.26 Å². The van der Waals surface area contributed by atoms with E-state index < -0.39 is 5.41 Å². The van der Waals surface area contributed by atoms with E-state index in [0.717, 1.165) is 6.42 Å². The highest BCUT2D eigenvalue weighted by Gasteiger charge is 2.53. The van der Waals surface area contributed by atoms with Gasteiger partial charge in [0.25, 0.3) is 0 Å². The molecule has 196 valence electrons. The van der Waals surface area contributed by atoms with Crippen LogP contribution < -0.4 is 0 Å². The number of rotatable bonds is 3. The van der Waals surface area contributed by atoms with Crippen LogP contribution in [0.15, 0.2) is 109 Å². The van der Waals surface area contributed by atoms with Gasteiger partial charge in [-0.25, -0.2) is 0 Å². The molecule has 3 aliphatic carbocycles. The van der Waals surface area contributed by atoms with E-state index >= 15 is 0 Å². The van der Waals surface area contributed by atoms with Gasteiger partial charge < -0.3 is 0 Å². The van der Waals surface area contributed by atoms with Crippen LogP contribution in [0.4, 0.5) is 0 Å². The minimum absolute atomic E-state index is 0.116. The van der Waals surface area contributed by atoms with E-state index in [1.54, 1.807) is 0 Å². The molecule has 3 aliphatic rings. The Morgan fingerprint density at radius 2 is 1.00 bits per heavy atom. The van der Waals surface area contributed by atoms with Crippen molar-refractivity contribution in [3.8, 4) is 6.07 Å². The van der Waals surface area contributed by atoms with Gasteiger partial charge in [-0.3, -0.25) is 0 Å². The smallest absolute Gasteiger partial charge is 0.0690 e. The molecule has 0 amide bonds. The summed E-state index contributed by atoms with van der Waals surface area (Å²) in [7, 11) is 0. The zero-order chi connectivity index (χ0) is 27.5. The van der Waals surface area contributed by atoms with E-state index in [-0.39, 0.29) is 17.8 Å². The van der Waals surface area contributed by atoms with Crippen molar-refractivity contribution < 1.29 is 0 Å². The van der Waals surface area contributed by atoms with E-state index in [1.165, 1.54) is 65.7 Å². The highest BCUT2D eigenvalue weighted by Crippen LogP contribution is 2.67. The Kier molecular flexibility index (Phi) is 4.59. The zero-order valence-corrected chi connectivity index (χ0v) is 23.4. The van der Waals surface area contributed by atoms with Gasteiger partial charge in [-0.15, -0.1) is 0 Å². The Bertz CT molecular complexity index is 2090. The van der Waals surface area contributed by atoms with Crippen molar-refractivity contribution in [1.82, 2.24) is 0 Å². The van der Waals surface area contributed by atoms with Crippen molar-refractivity contribution in [2.75, 3.05) is 0 Å². The molecule has 0 heterocycles. The minimum Gasteiger partial charge on any atom is -0.198 e. The molecule has 0 bridgehead atoms. The van der Waals surface area contributed by atoms with Crippen LogP contribution in [0.5, 0.6) is 0 Å². The Labute approximate surface area is 241 Å². The molecule has 6 aromatic carbocycles. The van der Waals surface area contributed by atoms with Gasteiger partial charge in [-0.1, -0.05) is 109 Å². The average Bonchev–Trinajstić information content (AvgIpc) is 3.65. The third kappa shape index (κ3) is 2.95. The van der Waals surface area contributed by atoms with Crippen LogP contribution in [-0.2, 0) is 6.42 Å². The molecule has 1 heteroatoms. The van der Waals surface area contributed by atoms with Crippen LogP contribution in [-0.4, -0.2) is 0 Å². The molecule has 41 heavy (non-hydrogen) atoms. The fourth-order valence-electron chi connectivity index (χ4n) is 9.44. The molecule has 1 nitrogen and oxygen atoms in total. The predicted molar refractivity (Wildman–Crippen MR) is 169 cm³/mol. The largest absolute Gasteiger partial charge is 0.198 e. The zero-order valence-electron chi connectivity index (χ0n) is 23.4. The lowest BCUT2D eigenvalue weighted by Crippen LogP contribution is -2.29. The molecular weight excluding hydrogens is 494 g/mol. The van der Waals surface area contributed by atoms with E-state index in [4.69, 9.17) is 0 Å². The normalized spacial score (nSPS) is 24.0. The highest BCUT2D eigenvalue weighted by molar-refractivity contribution is 5.97. The third-order valence-corrected chi connectivity index (χ3v) is 10.8. The summed E-state index contributed by atoms with van der Waals surface area (Å²) in [6, 6.07) is 44.0. The Morgan fingerprint density at radius 3 is 1.61 bits per heavy atom. The van der Waals surface area contributed by atoms with Crippen molar-refractivity contribution in [2.45, 2.75) is 49.9 Å². The maximum atomic E-state index is 10.6. The van der Waals surface area contributed by atoms with Gasteiger partial charge in [0.1, 0.15) is 0 Å². The Hall–Kier alpha value is -4.41. The predicted octanol–water partition coefficient (Wildman–Crippen LogP) is 10.1.